The van der Waals surface area contributed by atoms with Crippen molar-refractivity contribution in [2.45, 2.75) is 18.3 Å². The Kier molecular flexibility index (Phi) is 8.82. The molecule has 0 fully saturated rings. The summed E-state index contributed by atoms with van der Waals surface area (Å²) in [6.45, 7) is 0. The Labute approximate surface area is 383 Å². The summed E-state index contributed by atoms with van der Waals surface area (Å²) >= 11 is 1.92. The molecule has 2 aliphatic carbocycles. The van der Waals surface area contributed by atoms with Crippen molar-refractivity contribution in [2.24, 2.45) is 0 Å². The van der Waals surface area contributed by atoms with Gasteiger partial charge in [0.25, 0.3) is 0 Å². The smallest absolute Gasteiger partial charge is 0.0714 e. The third kappa shape index (κ3) is 5.84. The lowest BCUT2D eigenvalue weighted by atomic mass is 9.67. The van der Waals surface area contributed by atoms with Crippen LogP contribution < -0.4 is 14.7 Å². The van der Waals surface area contributed by atoms with Gasteiger partial charge in [0.15, 0.2) is 0 Å². The van der Waals surface area contributed by atoms with E-state index in [0.717, 1.165) is 24.2 Å². The molecule has 0 N–H and O–H groups in total. The topological polar surface area (TPSA) is 3.24 Å². The minimum absolute atomic E-state index is 0.512. The highest BCUT2D eigenvalue weighted by Crippen LogP contribution is 2.57. The summed E-state index contributed by atoms with van der Waals surface area (Å²) in [7, 11) is 0. The summed E-state index contributed by atoms with van der Waals surface area (Å²) in [6.07, 6.45) is 4.36. The number of fused-ring (bicyclic) bond motifs is 8. The highest BCUT2D eigenvalue weighted by atomic mass is 32.1. The van der Waals surface area contributed by atoms with Crippen LogP contribution in [0.25, 0.3) is 76.8 Å². The first kappa shape index (κ1) is 37.7. The second kappa shape index (κ2) is 15.2. The molecule has 2 aliphatic rings. The molecule has 13 rings (SSSR count). The van der Waals surface area contributed by atoms with E-state index in [1.807, 2.05) is 11.3 Å². The van der Waals surface area contributed by atoms with Crippen LogP contribution in [0, 0.1) is 0 Å². The Bertz CT molecular complexity index is 3740. The molecule has 0 saturated heterocycles. The first-order valence-electron chi connectivity index (χ1n) is 22.7. The second-order valence-corrected chi connectivity index (χ2v) is 18.5. The summed E-state index contributed by atoms with van der Waals surface area (Å²) in [5.41, 5.74) is 15.8. The molecule has 0 radical (unpaired) electrons. The molecule has 1 nitrogen and oxygen atoms in total. The van der Waals surface area contributed by atoms with Crippen LogP contribution in [-0.2, 0) is 5.41 Å². The van der Waals surface area contributed by atoms with Crippen LogP contribution in [0.1, 0.15) is 35.1 Å². The van der Waals surface area contributed by atoms with Crippen LogP contribution in [0.3, 0.4) is 0 Å². The van der Waals surface area contributed by atoms with Crippen LogP contribution in [-0.4, -0.2) is 0 Å². The van der Waals surface area contributed by atoms with Crippen LogP contribution in [0.15, 0.2) is 231 Å². The first-order valence-corrected chi connectivity index (χ1v) is 23.5. The van der Waals surface area contributed by atoms with Gasteiger partial charge in [-0.3, -0.25) is 0 Å². The highest BCUT2D eigenvalue weighted by Gasteiger charge is 2.46. The Morgan fingerprint density at radius 3 is 1.83 bits per heavy atom. The summed E-state index contributed by atoms with van der Waals surface area (Å²) < 4.78 is 2.69. The largest absolute Gasteiger partial charge is 0.314 e. The number of nitrogens with zero attached hydrogens (tertiary/aromatic N) is 1. The molecule has 0 bridgehead atoms. The molecule has 65 heavy (non-hydrogen) atoms. The van der Waals surface area contributed by atoms with Crippen LogP contribution in [0.4, 0.5) is 11.4 Å². The van der Waals surface area contributed by atoms with Crippen LogP contribution >= 0.6 is 11.3 Å². The average Bonchev–Trinajstić information content (AvgIpc) is 3.91. The fourth-order valence-electron chi connectivity index (χ4n) is 11.3. The van der Waals surface area contributed by atoms with E-state index in [2.05, 4.69) is 241 Å². The maximum atomic E-state index is 2.61. The molecule has 0 amide bonds. The molecule has 0 atom stereocenters. The maximum Gasteiger partial charge on any atom is 0.0714 e. The van der Waals surface area contributed by atoms with E-state index in [9.17, 15) is 0 Å². The standard InChI is InChI=1S/C63H43NS/c1-3-22-45(23-4-1)63(46-24-5-2-6-25-46)56-32-13-11-29-52(56)53-39-37-48(41-57(53)63)64(58-33-17-35-60-62(58)55-30-12-14-34-59(55)65-60)47-26-15-21-44(40-47)51-38-36-43-19-8-10-28-50(43)61(51)54-31-16-20-42-18-7-9-27-49(42)54/h1-16,18-32,34-41H,17,33H2. The van der Waals surface area contributed by atoms with E-state index in [0.29, 0.717) is 0 Å². The third-order valence-electron chi connectivity index (χ3n) is 14.0. The predicted molar refractivity (Wildman–Crippen MR) is 276 cm³/mol. The fraction of sp³-hybridized carbons (Fsp3) is 0.0476. The zero-order valence-electron chi connectivity index (χ0n) is 35.8. The minimum atomic E-state index is -0.512. The second-order valence-electron chi connectivity index (χ2n) is 17.4. The van der Waals surface area contributed by atoms with E-state index in [1.165, 1.54) is 103 Å². The van der Waals surface area contributed by atoms with Gasteiger partial charge in [0, 0.05) is 36.9 Å². The van der Waals surface area contributed by atoms with E-state index in [4.69, 9.17) is 0 Å². The van der Waals surface area contributed by atoms with Crippen molar-refractivity contribution < 1.29 is 0 Å². The number of rotatable bonds is 7. The van der Waals surface area contributed by atoms with Gasteiger partial charge in [-0.25, -0.2) is 0 Å². The molecule has 2 heteroatoms. The molecule has 1 heterocycles. The summed E-state index contributed by atoms with van der Waals surface area (Å²) in [4.78, 5) is 2.61. The molecule has 10 aromatic carbocycles. The molecule has 11 aromatic rings. The van der Waals surface area contributed by atoms with Crippen molar-refractivity contribution in [3.63, 3.8) is 0 Å². The van der Waals surface area contributed by atoms with Crippen molar-refractivity contribution >= 4 is 66.1 Å². The van der Waals surface area contributed by atoms with Gasteiger partial charge < -0.3 is 4.90 Å². The third-order valence-corrected chi connectivity index (χ3v) is 15.2. The van der Waals surface area contributed by atoms with Gasteiger partial charge in [-0.05, 0) is 120 Å². The Morgan fingerprint density at radius 1 is 0.415 bits per heavy atom. The van der Waals surface area contributed by atoms with E-state index >= 15 is 0 Å². The lowest BCUT2D eigenvalue weighted by molar-refractivity contribution is 0.768. The van der Waals surface area contributed by atoms with Crippen LogP contribution in [0.5, 0.6) is 0 Å². The lowest BCUT2D eigenvalue weighted by Gasteiger charge is -2.35. The summed E-state index contributed by atoms with van der Waals surface area (Å²) in [5, 5.41) is 7.67. The quantitative estimate of drug-likeness (QED) is 0.154. The van der Waals surface area contributed by atoms with Gasteiger partial charge in [0.2, 0.25) is 0 Å². The van der Waals surface area contributed by atoms with Gasteiger partial charge in [-0.2, -0.15) is 0 Å². The molecule has 0 spiro atoms. The molecule has 0 aliphatic heterocycles. The predicted octanol–water partition coefficient (Wildman–Crippen LogP) is 15.4. The molecule has 1 aromatic heterocycles. The van der Waals surface area contributed by atoms with Crippen molar-refractivity contribution in [3.8, 4) is 33.4 Å². The van der Waals surface area contributed by atoms with Crippen molar-refractivity contribution in [1.82, 2.24) is 0 Å². The molecular weight excluding hydrogens is 803 g/mol. The number of hydrogen-bond acceptors (Lipinski definition) is 2. The lowest BCUT2D eigenvalue weighted by Crippen LogP contribution is -2.33. The zero-order chi connectivity index (χ0) is 42.9. The Morgan fingerprint density at radius 2 is 1.02 bits per heavy atom. The van der Waals surface area contributed by atoms with Gasteiger partial charge in [0.1, 0.15) is 0 Å². The van der Waals surface area contributed by atoms with Gasteiger partial charge >= 0.3 is 0 Å². The van der Waals surface area contributed by atoms with Crippen LogP contribution in [0.2, 0.25) is 0 Å². The van der Waals surface area contributed by atoms with Gasteiger partial charge in [-0.15, -0.1) is 11.3 Å². The monoisotopic (exact) mass is 845 g/mol. The highest BCUT2D eigenvalue weighted by molar-refractivity contribution is 7.17. The summed E-state index contributed by atoms with van der Waals surface area (Å²) in [6, 6.07) is 86.0. The number of hydrogen-bond donors (Lipinski definition) is 0. The van der Waals surface area contributed by atoms with Gasteiger partial charge in [0.05, 0.1) is 5.41 Å². The number of benzene rings is 10. The average molecular weight is 846 g/mol. The molecular formula is C63H43NS. The Hall–Kier alpha value is -7.78. The van der Waals surface area contributed by atoms with E-state index in [1.54, 1.807) is 0 Å². The molecule has 0 saturated carbocycles. The molecule has 0 unspecified atom stereocenters. The van der Waals surface area contributed by atoms with Gasteiger partial charge in [-0.1, -0.05) is 206 Å². The minimum Gasteiger partial charge on any atom is -0.314 e. The first-order chi connectivity index (χ1) is 32.3. The van der Waals surface area contributed by atoms with Crippen molar-refractivity contribution in [3.05, 3.63) is 263 Å². The SMILES string of the molecule is C1=c2sc3ccccc3c2=C(N(c2cccc(-c3ccc4ccccc4c3-c3cccc4ccccc34)c2)c2ccc3c(c2)C(c2ccccc2)(c2ccccc2)c2ccccc2-3)CC1. The Balaban J connectivity index is 1.10. The van der Waals surface area contributed by atoms with Crippen molar-refractivity contribution in [1.29, 1.82) is 0 Å². The molecule has 306 valence electrons. The maximum absolute atomic E-state index is 2.61. The fourth-order valence-corrected chi connectivity index (χ4v) is 12.5. The van der Waals surface area contributed by atoms with E-state index in [-0.39, 0.29) is 0 Å². The normalized spacial score (nSPS) is 13.6. The summed E-state index contributed by atoms with van der Waals surface area (Å²) in [5.74, 6) is 0. The number of anilines is 2. The zero-order valence-corrected chi connectivity index (χ0v) is 36.6. The van der Waals surface area contributed by atoms with Crippen molar-refractivity contribution in [2.75, 3.05) is 4.90 Å². The van der Waals surface area contributed by atoms with E-state index < -0.39 is 5.41 Å². The number of thiophene rings is 1.